The summed E-state index contributed by atoms with van der Waals surface area (Å²) in [5.74, 6) is -0.261. The maximum absolute atomic E-state index is 11.3. The van der Waals surface area contributed by atoms with Gasteiger partial charge in [-0.1, -0.05) is 29.8 Å². The highest BCUT2D eigenvalue weighted by molar-refractivity contribution is 5.78. The summed E-state index contributed by atoms with van der Waals surface area (Å²) in [6.07, 6.45) is -0.502. The van der Waals surface area contributed by atoms with E-state index in [1.54, 1.807) is 6.92 Å². The van der Waals surface area contributed by atoms with Gasteiger partial charge in [0.1, 0.15) is 6.10 Å². The van der Waals surface area contributed by atoms with E-state index in [0.29, 0.717) is 6.61 Å². The predicted octanol–water partition coefficient (Wildman–Crippen LogP) is 2.00. The fourth-order valence-corrected chi connectivity index (χ4v) is 1.53. The van der Waals surface area contributed by atoms with Crippen molar-refractivity contribution >= 4 is 5.97 Å². The largest absolute Gasteiger partial charge is 0.464 e. The van der Waals surface area contributed by atoms with Gasteiger partial charge >= 0.3 is 5.97 Å². The summed E-state index contributed by atoms with van der Waals surface area (Å²) >= 11 is 0. The van der Waals surface area contributed by atoms with Crippen LogP contribution in [0.25, 0.3) is 0 Å². The Morgan fingerprint density at radius 2 is 2.07 bits per heavy atom. The van der Waals surface area contributed by atoms with Crippen molar-refractivity contribution in [3.05, 3.63) is 35.4 Å². The van der Waals surface area contributed by atoms with Crippen LogP contribution >= 0.6 is 0 Å². The van der Waals surface area contributed by atoms with Crippen LogP contribution in [0, 0.1) is 6.92 Å². The lowest BCUT2D eigenvalue weighted by molar-refractivity contribution is -0.144. The first-order valence-corrected chi connectivity index (χ1v) is 5.11. The Kier molecular flexibility index (Phi) is 2.73. The average Bonchev–Trinajstić information content (AvgIpc) is 2.99. The number of carbonyl (C=O) groups is 1. The lowest BCUT2D eigenvalue weighted by Gasteiger charge is -1.98. The van der Waals surface area contributed by atoms with Crippen LogP contribution < -0.4 is 0 Å². The quantitative estimate of drug-likeness (QED) is 0.561. The molecule has 3 heteroatoms. The van der Waals surface area contributed by atoms with Gasteiger partial charge in [-0.05, 0) is 19.4 Å². The predicted molar refractivity (Wildman–Crippen MR) is 55.4 cm³/mol. The number of hydrogen-bond acceptors (Lipinski definition) is 3. The van der Waals surface area contributed by atoms with E-state index in [9.17, 15) is 4.79 Å². The molecule has 1 aromatic carbocycles. The molecule has 3 nitrogen and oxygen atoms in total. The van der Waals surface area contributed by atoms with E-state index in [1.807, 2.05) is 31.2 Å². The molecule has 1 aliphatic rings. The van der Waals surface area contributed by atoms with E-state index >= 15 is 0 Å². The van der Waals surface area contributed by atoms with Crippen molar-refractivity contribution in [1.82, 2.24) is 0 Å². The highest BCUT2D eigenvalue weighted by Crippen LogP contribution is 2.39. The average molecular weight is 206 g/mol. The summed E-state index contributed by atoms with van der Waals surface area (Å²) < 4.78 is 10.2. The summed E-state index contributed by atoms with van der Waals surface area (Å²) in [7, 11) is 0. The Morgan fingerprint density at radius 3 is 2.67 bits per heavy atom. The van der Waals surface area contributed by atoms with E-state index in [0.717, 1.165) is 5.56 Å². The van der Waals surface area contributed by atoms with Gasteiger partial charge in [0, 0.05) is 0 Å². The maximum Gasteiger partial charge on any atom is 0.338 e. The Balaban J connectivity index is 1.98. The van der Waals surface area contributed by atoms with E-state index < -0.39 is 6.10 Å². The molecule has 2 rings (SSSR count). The van der Waals surface area contributed by atoms with Crippen LogP contribution in [0.5, 0.6) is 0 Å². The topological polar surface area (TPSA) is 38.8 Å². The van der Waals surface area contributed by atoms with Crippen LogP contribution in [0.2, 0.25) is 0 Å². The summed E-state index contributed by atoms with van der Waals surface area (Å²) in [6.45, 7) is 4.22. The van der Waals surface area contributed by atoms with E-state index in [-0.39, 0.29) is 12.1 Å². The molecule has 1 saturated heterocycles. The van der Waals surface area contributed by atoms with Crippen molar-refractivity contribution in [3.63, 3.8) is 0 Å². The Hall–Kier alpha value is -1.35. The van der Waals surface area contributed by atoms with Crippen molar-refractivity contribution in [1.29, 1.82) is 0 Å². The molecule has 0 amide bonds. The first-order valence-electron chi connectivity index (χ1n) is 5.11. The first-order chi connectivity index (χ1) is 7.22. The van der Waals surface area contributed by atoms with Gasteiger partial charge in [0.05, 0.1) is 6.61 Å². The molecular formula is C12H14O3. The van der Waals surface area contributed by atoms with E-state index in [1.165, 1.54) is 5.56 Å². The molecule has 1 aliphatic heterocycles. The van der Waals surface area contributed by atoms with Crippen LogP contribution in [0.3, 0.4) is 0 Å². The molecule has 0 aromatic heterocycles. The fourth-order valence-electron chi connectivity index (χ4n) is 1.53. The number of rotatable bonds is 3. The van der Waals surface area contributed by atoms with E-state index in [2.05, 4.69) is 0 Å². The molecule has 0 bridgehead atoms. The number of hydrogen-bond donors (Lipinski definition) is 0. The van der Waals surface area contributed by atoms with Crippen LogP contribution in [-0.2, 0) is 14.3 Å². The van der Waals surface area contributed by atoms with Gasteiger partial charge in [-0.2, -0.15) is 0 Å². The maximum atomic E-state index is 11.3. The van der Waals surface area contributed by atoms with Crippen LogP contribution in [0.1, 0.15) is 24.2 Å². The molecule has 15 heavy (non-hydrogen) atoms. The SMILES string of the molecule is CCOC(=O)[C@@H]1O[C@@H]1c1ccc(C)cc1. The molecule has 0 saturated carbocycles. The summed E-state index contributed by atoms with van der Waals surface area (Å²) in [4.78, 5) is 11.3. The van der Waals surface area contributed by atoms with Crippen molar-refractivity contribution in [2.75, 3.05) is 6.61 Å². The molecule has 0 N–H and O–H groups in total. The Labute approximate surface area is 89.0 Å². The third-order valence-electron chi connectivity index (χ3n) is 2.42. The van der Waals surface area contributed by atoms with Crippen molar-refractivity contribution in [2.45, 2.75) is 26.1 Å². The lowest BCUT2D eigenvalue weighted by Crippen LogP contribution is -2.11. The fraction of sp³-hybridized carbons (Fsp3) is 0.417. The summed E-state index contributed by atoms with van der Waals surface area (Å²) in [5.41, 5.74) is 2.24. The van der Waals surface area contributed by atoms with Gasteiger partial charge in [-0.15, -0.1) is 0 Å². The third-order valence-corrected chi connectivity index (χ3v) is 2.42. The van der Waals surface area contributed by atoms with Crippen LogP contribution in [0.15, 0.2) is 24.3 Å². The normalized spacial score (nSPS) is 23.6. The molecular weight excluding hydrogens is 192 g/mol. The smallest absolute Gasteiger partial charge is 0.338 e. The number of carbonyl (C=O) groups excluding carboxylic acids is 1. The second-order valence-electron chi connectivity index (χ2n) is 3.64. The van der Waals surface area contributed by atoms with Crippen molar-refractivity contribution in [3.8, 4) is 0 Å². The summed E-state index contributed by atoms with van der Waals surface area (Å²) in [6, 6.07) is 8.00. The number of epoxide rings is 1. The zero-order chi connectivity index (χ0) is 10.8. The lowest BCUT2D eigenvalue weighted by atomic mass is 10.1. The van der Waals surface area contributed by atoms with Gasteiger partial charge in [0.25, 0.3) is 0 Å². The Bertz CT molecular complexity index is 356. The van der Waals surface area contributed by atoms with Gasteiger partial charge < -0.3 is 9.47 Å². The number of esters is 1. The minimum absolute atomic E-state index is 0.107. The molecule has 0 spiro atoms. The number of benzene rings is 1. The molecule has 0 unspecified atom stereocenters. The zero-order valence-corrected chi connectivity index (χ0v) is 8.90. The highest BCUT2D eigenvalue weighted by Gasteiger charge is 2.47. The van der Waals surface area contributed by atoms with Crippen molar-refractivity contribution < 1.29 is 14.3 Å². The molecule has 0 radical (unpaired) electrons. The molecule has 2 atom stereocenters. The minimum Gasteiger partial charge on any atom is -0.464 e. The zero-order valence-electron chi connectivity index (χ0n) is 8.90. The molecule has 1 aromatic rings. The highest BCUT2D eigenvalue weighted by atomic mass is 16.6. The number of aryl methyl sites for hydroxylation is 1. The first kappa shape index (κ1) is 10.2. The monoisotopic (exact) mass is 206 g/mol. The Morgan fingerprint density at radius 1 is 1.40 bits per heavy atom. The van der Waals surface area contributed by atoms with Gasteiger partial charge in [-0.3, -0.25) is 0 Å². The summed E-state index contributed by atoms with van der Waals surface area (Å²) in [5, 5.41) is 0. The van der Waals surface area contributed by atoms with Crippen molar-refractivity contribution in [2.24, 2.45) is 0 Å². The van der Waals surface area contributed by atoms with Gasteiger partial charge in [-0.25, -0.2) is 4.79 Å². The second-order valence-corrected chi connectivity index (χ2v) is 3.64. The molecule has 1 heterocycles. The van der Waals surface area contributed by atoms with Gasteiger partial charge in [0.15, 0.2) is 6.10 Å². The molecule has 0 aliphatic carbocycles. The standard InChI is InChI=1S/C12H14O3/c1-3-14-12(13)11-10(15-11)9-6-4-8(2)5-7-9/h4-7,10-11H,3H2,1-2H3/t10-,11-/m1/s1. The van der Waals surface area contributed by atoms with Crippen LogP contribution in [0.4, 0.5) is 0 Å². The second kappa shape index (κ2) is 4.03. The van der Waals surface area contributed by atoms with E-state index in [4.69, 9.17) is 9.47 Å². The third kappa shape index (κ3) is 2.18. The molecule has 1 fully saturated rings. The van der Waals surface area contributed by atoms with Crippen LogP contribution in [-0.4, -0.2) is 18.7 Å². The number of ether oxygens (including phenoxy) is 2. The van der Waals surface area contributed by atoms with Gasteiger partial charge in [0.2, 0.25) is 0 Å². The molecule has 80 valence electrons. The minimum atomic E-state index is -0.396.